The van der Waals surface area contributed by atoms with Crippen molar-refractivity contribution in [2.75, 3.05) is 11.5 Å². The van der Waals surface area contributed by atoms with Gasteiger partial charge in [0, 0.05) is 16.6 Å². The minimum atomic E-state index is -4.25. The average Bonchev–Trinajstić information content (AvgIpc) is 3.45. The van der Waals surface area contributed by atoms with Crippen molar-refractivity contribution in [2.45, 2.75) is 44.3 Å². The number of fused-ring (bicyclic) bond motifs is 1. The molecule has 0 spiro atoms. The molecule has 3 aromatic rings. The summed E-state index contributed by atoms with van der Waals surface area (Å²) < 4.78 is 38.9. The fourth-order valence-electron chi connectivity index (χ4n) is 3.49. The predicted molar refractivity (Wildman–Crippen MR) is 120 cm³/mol. The summed E-state index contributed by atoms with van der Waals surface area (Å²) in [6.45, 7) is 1.74. The van der Waals surface area contributed by atoms with Crippen molar-refractivity contribution < 1.29 is 13.2 Å². The predicted octanol–water partition coefficient (Wildman–Crippen LogP) is 5.35. The molecule has 0 bridgehead atoms. The highest BCUT2D eigenvalue weighted by molar-refractivity contribution is 8.14. The molecule has 0 radical (unpaired) electrons. The van der Waals surface area contributed by atoms with Crippen LogP contribution in [0.4, 0.5) is 24.7 Å². The van der Waals surface area contributed by atoms with Gasteiger partial charge < -0.3 is 5.73 Å². The van der Waals surface area contributed by atoms with Gasteiger partial charge in [0.15, 0.2) is 5.82 Å². The molecule has 0 atom stereocenters. The summed E-state index contributed by atoms with van der Waals surface area (Å²) in [5.41, 5.74) is 8.66. The Labute approximate surface area is 187 Å². The van der Waals surface area contributed by atoms with E-state index < -0.39 is 18.0 Å². The first kappa shape index (κ1) is 22.1. The Hall–Kier alpha value is -3.06. The first-order valence-corrected chi connectivity index (χ1v) is 11.1. The molecule has 1 saturated carbocycles. The minimum Gasteiger partial charge on any atom is -0.398 e. The zero-order valence-electron chi connectivity index (χ0n) is 17.4. The molecule has 0 saturated heterocycles. The van der Waals surface area contributed by atoms with Gasteiger partial charge in [-0.15, -0.1) is 11.8 Å². The Balaban J connectivity index is 1.63. The van der Waals surface area contributed by atoms with E-state index in [0.29, 0.717) is 27.5 Å². The monoisotopic (exact) mass is 458 g/mol. The lowest BCUT2D eigenvalue weighted by molar-refractivity contribution is -0.137. The van der Waals surface area contributed by atoms with E-state index in [9.17, 15) is 18.4 Å². The molecule has 4 rings (SSSR count). The van der Waals surface area contributed by atoms with E-state index in [1.165, 1.54) is 28.8 Å². The molecular weight excluding hydrogens is 437 g/mol. The Morgan fingerprint density at radius 2 is 2.09 bits per heavy atom. The number of hydrogen-bond acceptors (Lipinski definition) is 6. The second kappa shape index (κ2) is 8.47. The lowest BCUT2D eigenvalue weighted by atomic mass is 9.96. The fraction of sp³-hybridized carbons (Fsp3) is 0.364. The Kier molecular flexibility index (Phi) is 5.86. The maximum Gasteiger partial charge on any atom is 0.390 e. The largest absolute Gasteiger partial charge is 0.398 e. The van der Waals surface area contributed by atoms with Crippen molar-refractivity contribution >= 4 is 39.2 Å². The molecule has 32 heavy (non-hydrogen) atoms. The van der Waals surface area contributed by atoms with Crippen molar-refractivity contribution in [3.05, 3.63) is 47.8 Å². The van der Waals surface area contributed by atoms with E-state index in [0.717, 1.165) is 29.7 Å². The van der Waals surface area contributed by atoms with Crippen molar-refractivity contribution in [2.24, 2.45) is 4.99 Å². The van der Waals surface area contributed by atoms with Crippen LogP contribution in [0.2, 0.25) is 0 Å². The fourth-order valence-corrected chi connectivity index (χ4v) is 4.27. The van der Waals surface area contributed by atoms with E-state index in [-0.39, 0.29) is 6.54 Å². The smallest absolute Gasteiger partial charge is 0.390 e. The molecule has 1 aromatic carbocycles. The van der Waals surface area contributed by atoms with Crippen LogP contribution in [-0.2, 0) is 12.0 Å². The van der Waals surface area contributed by atoms with E-state index in [1.54, 1.807) is 6.07 Å². The number of rotatable bonds is 6. The number of aryl methyl sites for hydroxylation is 1. The van der Waals surface area contributed by atoms with Crippen LogP contribution in [0.15, 0.2) is 41.7 Å². The van der Waals surface area contributed by atoms with Crippen LogP contribution in [0.5, 0.6) is 0 Å². The normalized spacial score (nSPS) is 15.7. The lowest BCUT2D eigenvalue weighted by Gasteiger charge is -2.12. The number of benzene rings is 1. The first-order chi connectivity index (χ1) is 15.2. The van der Waals surface area contributed by atoms with Crippen molar-refractivity contribution in [1.29, 1.82) is 5.26 Å². The van der Waals surface area contributed by atoms with Gasteiger partial charge in [0.05, 0.1) is 42.4 Å². The summed E-state index contributed by atoms with van der Waals surface area (Å²) in [4.78, 5) is 8.97. The van der Waals surface area contributed by atoms with Crippen molar-refractivity contribution in [3.8, 4) is 6.07 Å². The Morgan fingerprint density at radius 1 is 1.31 bits per heavy atom. The van der Waals surface area contributed by atoms with E-state index >= 15 is 0 Å². The number of nitrogens with zero attached hydrogens (tertiary/aromatic N) is 5. The van der Waals surface area contributed by atoms with Gasteiger partial charge in [0.25, 0.3) is 0 Å². The van der Waals surface area contributed by atoms with Gasteiger partial charge in [-0.05, 0) is 42.4 Å². The molecule has 1 fully saturated rings. The zero-order valence-corrected chi connectivity index (χ0v) is 18.2. The summed E-state index contributed by atoms with van der Waals surface area (Å²) in [5.74, 6) is 1.18. The third-order valence-corrected chi connectivity index (χ3v) is 6.29. The number of alkyl halides is 3. The summed E-state index contributed by atoms with van der Waals surface area (Å²) in [6.07, 6.45) is -0.518. The third kappa shape index (κ3) is 4.58. The lowest BCUT2D eigenvalue weighted by Crippen LogP contribution is -2.12. The second-order valence-corrected chi connectivity index (χ2v) is 8.93. The van der Waals surface area contributed by atoms with E-state index in [4.69, 9.17) is 5.73 Å². The van der Waals surface area contributed by atoms with Crippen LogP contribution < -0.4 is 5.73 Å². The van der Waals surface area contributed by atoms with Crippen molar-refractivity contribution in [1.82, 2.24) is 14.8 Å². The van der Waals surface area contributed by atoms with Crippen molar-refractivity contribution in [3.63, 3.8) is 0 Å². The summed E-state index contributed by atoms with van der Waals surface area (Å²) in [5, 5.41) is 14.8. The molecule has 2 N–H and O–H groups in total. The third-order valence-electron chi connectivity index (χ3n) is 5.42. The number of halogens is 3. The van der Waals surface area contributed by atoms with Crippen LogP contribution in [0.1, 0.15) is 37.3 Å². The number of hydrogen-bond donors (Lipinski definition) is 1. The number of pyridine rings is 1. The van der Waals surface area contributed by atoms with Crippen LogP contribution in [0, 0.1) is 11.3 Å². The van der Waals surface area contributed by atoms with Gasteiger partial charge in [0.2, 0.25) is 0 Å². The molecule has 166 valence electrons. The van der Waals surface area contributed by atoms with Crippen LogP contribution in [-0.4, -0.2) is 31.7 Å². The molecule has 0 amide bonds. The zero-order chi connectivity index (χ0) is 22.9. The first-order valence-electron chi connectivity index (χ1n) is 10.2. The Bertz CT molecular complexity index is 1220. The average molecular weight is 459 g/mol. The molecule has 2 heterocycles. The highest BCUT2D eigenvalue weighted by Gasteiger charge is 2.45. The van der Waals surface area contributed by atoms with Gasteiger partial charge in [-0.25, -0.2) is 9.98 Å². The van der Waals surface area contributed by atoms with Gasteiger partial charge in [-0.2, -0.15) is 23.5 Å². The van der Waals surface area contributed by atoms with Gasteiger partial charge in [-0.1, -0.05) is 13.0 Å². The number of aliphatic imine (C=N–C) groups is 1. The second-order valence-electron chi connectivity index (χ2n) is 7.68. The minimum absolute atomic E-state index is 0.263. The number of nitrogens with two attached hydrogens (primary N) is 1. The molecule has 2 aromatic heterocycles. The molecule has 10 heteroatoms. The van der Waals surface area contributed by atoms with Crippen LogP contribution in [0.25, 0.3) is 10.9 Å². The molecule has 0 unspecified atom stereocenters. The quantitative estimate of drug-likeness (QED) is 0.305. The summed E-state index contributed by atoms with van der Waals surface area (Å²) in [6, 6.07) is 9.73. The Morgan fingerprint density at radius 3 is 2.72 bits per heavy atom. The number of nitriles is 1. The number of nitrogen functional groups attached to an aromatic ring is 1. The number of aromatic nitrogens is 3. The van der Waals surface area contributed by atoms with Gasteiger partial charge >= 0.3 is 6.18 Å². The molecule has 1 aliphatic rings. The maximum absolute atomic E-state index is 12.5. The molecule has 1 aliphatic carbocycles. The topological polar surface area (TPSA) is 92.9 Å². The molecule has 0 aliphatic heterocycles. The summed E-state index contributed by atoms with van der Waals surface area (Å²) >= 11 is 1.51. The van der Waals surface area contributed by atoms with E-state index in [2.05, 4.69) is 21.1 Å². The van der Waals surface area contributed by atoms with Crippen LogP contribution in [0.3, 0.4) is 0 Å². The maximum atomic E-state index is 12.5. The number of thioether (sulfide) groups is 1. The highest BCUT2D eigenvalue weighted by Crippen LogP contribution is 2.48. The van der Waals surface area contributed by atoms with E-state index in [1.807, 2.05) is 25.1 Å². The summed E-state index contributed by atoms with van der Waals surface area (Å²) in [7, 11) is 0. The molecular formula is C22H21F3N6S. The van der Waals surface area contributed by atoms with Gasteiger partial charge in [0.1, 0.15) is 5.04 Å². The SMILES string of the molecule is CCSC(=Nc1cc2cnn(CCC(F)(F)F)c2cn1)c1ccc(C2(C#N)CC2)cc1N. The van der Waals surface area contributed by atoms with Crippen LogP contribution >= 0.6 is 11.8 Å². The number of anilines is 1. The standard InChI is InChI=1S/C22H21F3N6S/c1-2-32-20(16-4-3-15(10-17(16)27)21(13-26)5-6-21)30-19-9-14-11-29-31(18(14)12-28-19)8-7-22(23,24)25/h3-4,9-12H,2,5-8,27H2,1H3. The molecule has 6 nitrogen and oxygen atoms in total. The highest BCUT2D eigenvalue weighted by atomic mass is 32.2. The van der Waals surface area contributed by atoms with Gasteiger partial charge in [-0.3, -0.25) is 4.68 Å².